The standard InChI is InChI=1S/C14H25ClN2/c1-6-10(4)9-17-13(8-3)14(11(5)15)12(7-2)16-17/h10-11H,6-9H2,1-5H3. The molecule has 0 N–H and O–H groups in total. The number of aromatic nitrogens is 2. The van der Waals surface area contributed by atoms with Crippen molar-refractivity contribution < 1.29 is 0 Å². The number of alkyl halides is 1. The molecule has 98 valence electrons. The van der Waals surface area contributed by atoms with E-state index in [-0.39, 0.29) is 5.38 Å². The molecule has 0 bridgehead atoms. The highest BCUT2D eigenvalue weighted by atomic mass is 35.5. The van der Waals surface area contributed by atoms with Gasteiger partial charge in [-0.05, 0) is 25.7 Å². The molecule has 1 rings (SSSR count). The summed E-state index contributed by atoms with van der Waals surface area (Å²) in [5.74, 6) is 0.670. The first-order chi connectivity index (χ1) is 8.04. The van der Waals surface area contributed by atoms with E-state index < -0.39 is 0 Å². The first-order valence-corrected chi connectivity index (χ1v) is 7.21. The summed E-state index contributed by atoms with van der Waals surface area (Å²) in [6.07, 6.45) is 3.17. The second kappa shape index (κ2) is 6.44. The fourth-order valence-electron chi connectivity index (χ4n) is 2.23. The normalized spacial score (nSPS) is 14.9. The molecule has 1 heterocycles. The zero-order chi connectivity index (χ0) is 13.0. The van der Waals surface area contributed by atoms with Crippen LogP contribution in [-0.4, -0.2) is 9.78 Å². The number of halogens is 1. The van der Waals surface area contributed by atoms with Gasteiger partial charge in [0.1, 0.15) is 0 Å². The maximum Gasteiger partial charge on any atom is 0.0671 e. The van der Waals surface area contributed by atoms with E-state index in [4.69, 9.17) is 16.7 Å². The van der Waals surface area contributed by atoms with Gasteiger partial charge in [0.2, 0.25) is 0 Å². The van der Waals surface area contributed by atoms with Crippen molar-refractivity contribution in [1.29, 1.82) is 0 Å². The Balaban J connectivity index is 3.13. The number of hydrogen-bond donors (Lipinski definition) is 0. The lowest BCUT2D eigenvalue weighted by Crippen LogP contribution is -2.11. The quantitative estimate of drug-likeness (QED) is 0.692. The molecule has 0 fully saturated rings. The molecule has 3 heteroatoms. The molecule has 2 unspecified atom stereocenters. The van der Waals surface area contributed by atoms with Gasteiger partial charge in [-0.25, -0.2) is 0 Å². The lowest BCUT2D eigenvalue weighted by Gasteiger charge is -2.12. The predicted octanol–water partition coefficient (Wildman–Crippen LogP) is 4.35. The maximum absolute atomic E-state index is 6.30. The topological polar surface area (TPSA) is 17.8 Å². The minimum Gasteiger partial charge on any atom is -0.269 e. The van der Waals surface area contributed by atoms with Crippen LogP contribution in [0.25, 0.3) is 0 Å². The van der Waals surface area contributed by atoms with E-state index in [9.17, 15) is 0 Å². The summed E-state index contributed by atoms with van der Waals surface area (Å²) in [5.41, 5.74) is 3.76. The monoisotopic (exact) mass is 256 g/mol. The molecule has 0 amide bonds. The first-order valence-electron chi connectivity index (χ1n) is 6.77. The molecule has 0 saturated carbocycles. The van der Waals surface area contributed by atoms with Gasteiger partial charge in [0.15, 0.2) is 0 Å². The van der Waals surface area contributed by atoms with Crippen LogP contribution in [0.2, 0.25) is 0 Å². The van der Waals surface area contributed by atoms with Gasteiger partial charge < -0.3 is 0 Å². The summed E-state index contributed by atoms with van der Waals surface area (Å²) in [4.78, 5) is 0. The molecule has 0 radical (unpaired) electrons. The van der Waals surface area contributed by atoms with Gasteiger partial charge in [0.25, 0.3) is 0 Å². The van der Waals surface area contributed by atoms with Crippen LogP contribution in [0.3, 0.4) is 0 Å². The van der Waals surface area contributed by atoms with Crippen LogP contribution in [0.5, 0.6) is 0 Å². The highest BCUT2D eigenvalue weighted by Gasteiger charge is 2.19. The summed E-state index contributed by atoms with van der Waals surface area (Å²) in [7, 11) is 0. The molecule has 17 heavy (non-hydrogen) atoms. The number of aryl methyl sites for hydroxylation is 1. The van der Waals surface area contributed by atoms with E-state index in [1.165, 1.54) is 23.4 Å². The van der Waals surface area contributed by atoms with Crippen molar-refractivity contribution in [3.8, 4) is 0 Å². The van der Waals surface area contributed by atoms with E-state index in [0.29, 0.717) is 5.92 Å². The van der Waals surface area contributed by atoms with Crippen LogP contribution in [0.15, 0.2) is 0 Å². The lowest BCUT2D eigenvalue weighted by atomic mass is 10.1. The van der Waals surface area contributed by atoms with Crippen LogP contribution in [0, 0.1) is 5.92 Å². The number of rotatable bonds is 6. The van der Waals surface area contributed by atoms with Gasteiger partial charge >= 0.3 is 0 Å². The Kier molecular flexibility index (Phi) is 5.51. The van der Waals surface area contributed by atoms with E-state index in [1.807, 2.05) is 6.92 Å². The second-order valence-corrected chi connectivity index (χ2v) is 5.48. The summed E-state index contributed by atoms with van der Waals surface area (Å²) >= 11 is 6.30. The van der Waals surface area contributed by atoms with Gasteiger partial charge in [0.05, 0.1) is 11.1 Å². The summed E-state index contributed by atoms with van der Waals surface area (Å²) < 4.78 is 2.18. The number of hydrogen-bond acceptors (Lipinski definition) is 1. The third kappa shape index (κ3) is 3.25. The predicted molar refractivity (Wildman–Crippen MR) is 74.7 cm³/mol. The molecule has 0 aliphatic heterocycles. The summed E-state index contributed by atoms with van der Waals surface area (Å²) in [6, 6.07) is 0. The summed E-state index contributed by atoms with van der Waals surface area (Å²) in [6.45, 7) is 11.9. The van der Waals surface area contributed by atoms with Gasteiger partial charge in [-0.3, -0.25) is 4.68 Å². The maximum atomic E-state index is 6.30. The lowest BCUT2D eigenvalue weighted by molar-refractivity contribution is 0.427. The zero-order valence-electron chi connectivity index (χ0n) is 11.8. The fraction of sp³-hybridized carbons (Fsp3) is 0.786. The van der Waals surface area contributed by atoms with Crippen LogP contribution in [0.1, 0.15) is 63.4 Å². The Morgan fingerprint density at radius 1 is 1.18 bits per heavy atom. The Labute approximate surface area is 110 Å². The Bertz CT molecular complexity index is 355. The van der Waals surface area contributed by atoms with E-state index in [1.54, 1.807) is 0 Å². The molecule has 0 saturated heterocycles. The average molecular weight is 257 g/mol. The van der Waals surface area contributed by atoms with E-state index in [0.717, 1.165) is 19.4 Å². The molecule has 2 atom stereocenters. The Hall–Kier alpha value is -0.500. The van der Waals surface area contributed by atoms with Crippen molar-refractivity contribution in [3.63, 3.8) is 0 Å². The van der Waals surface area contributed by atoms with Crippen LogP contribution in [0.4, 0.5) is 0 Å². The molecule has 0 aliphatic rings. The van der Waals surface area contributed by atoms with Crippen molar-refractivity contribution in [2.24, 2.45) is 5.92 Å². The van der Waals surface area contributed by atoms with Crippen LogP contribution < -0.4 is 0 Å². The van der Waals surface area contributed by atoms with E-state index in [2.05, 4.69) is 32.4 Å². The Morgan fingerprint density at radius 3 is 2.24 bits per heavy atom. The highest BCUT2D eigenvalue weighted by Crippen LogP contribution is 2.28. The first kappa shape index (κ1) is 14.6. The van der Waals surface area contributed by atoms with Crippen LogP contribution in [-0.2, 0) is 19.4 Å². The largest absolute Gasteiger partial charge is 0.269 e. The van der Waals surface area contributed by atoms with Gasteiger partial charge in [-0.2, -0.15) is 5.10 Å². The number of nitrogens with zero attached hydrogens (tertiary/aromatic N) is 2. The Morgan fingerprint density at radius 2 is 1.82 bits per heavy atom. The molecule has 2 nitrogen and oxygen atoms in total. The fourth-order valence-corrected chi connectivity index (χ4v) is 2.49. The SMILES string of the molecule is CCc1nn(CC(C)CC)c(CC)c1C(C)Cl. The van der Waals surface area contributed by atoms with E-state index >= 15 is 0 Å². The summed E-state index contributed by atoms with van der Waals surface area (Å²) in [5, 5.41) is 4.80. The zero-order valence-corrected chi connectivity index (χ0v) is 12.5. The van der Waals surface area contributed by atoms with Gasteiger partial charge in [0, 0.05) is 17.8 Å². The molecular formula is C14H25ClN2. The minimum atomic E-state index is 0.0607. The van der Waals surface area contributed by atoms with Crippen molar-refractivity contribution in [3.05, 3.63) is 17.0 Å². The molecule has 1 aromatic heterocycles. The van der Waals surface area contributed by atoms with Gasteiger partial charge in [-0.15, -0.1) is 11.6 Å². The smallest absolute Gasteiger partial charge is 0.0671 e. The third-order valence-electron chi connectivity index (χ3n) is 3.42. The van der Waals surface area contributed by atoms with Crippen LogP contribution >= 0.6 is 11.6 Å². The van der Waals surface area contributed by atoms with Gasteiger partial charge in [-0.1, -0.05) is 34.1 Å². The molecule has 0 aromatic carbocycles. The third-order valence-corrected chi connectivity index (χ3v) is 3.64. The molecule has 1 aromatic rings. The van der Waals surface area contributed by atoms with Crippen molar-refractivity contribution in [1.82, 2.24) is 9.78 Å². The molecule has 0 aliphatic carbocycles. The molecular weight excluding hydrogens is 232 g/mol. The highest BCUT2D eigenvalue weighted by molar-refractivity contribution is 6.20. The second-order valence-electron chi connectivity index (χ2n) is 4.83. The van der Waals surface area contributed by atoms with Crippen molar-refractivity contribution in [2.45, 2.75) is 65.8 Å². The van der Waals surface area contributed by atoms with Crippen molar-refractivity contribution in [2.75, 3.05) is 0 Å². The van der Waals surface area contributed by atoms with Crippen molar-refractivity contribution >= 4 is 11.6 Å². The minimum absolute atomic E-state index is 0.0607. The molecule has 0 spiro atoms. The average Bonchev–Trinajstić information content (AvgIpc) is 2.66.